The summed E-state index contributed by atoms with van der Waals surface area (Å²) in [6, 6.07) is 0. The van der Waals surface area contributed by atoms with Crippen molar-refractivity contribution in [3.05, 3.63) is 0 Å². The van der Waals surface area contributed by atoms with E-state index < -0.39 is 0 Å². The van der Waals surface area contributed by atoms with Crippen LogP contribution in [0.5, 0.6) is 0 Å². The summed E-state index contributed by atoms with van der Waals surface area (Å²) in [5, 5.41) is 12.2. The molecule has 0 aliphatic carbocycles. The fourth-order valence-corrected chi connectivity index (χ4v) is 4.69. The van der Waals surface area contributed by atoms with Crippen molar-refractivity contribution in [1.82, 2.24) is 5.06 Å². The lowest BCUT2D eigenvalue weighted by atomic mass is 9.46. The van der Waals surface area contributed by atoms with Crippen molar-refractivity contribution in [2.45, 2.75) is 93.2 Å². The maximum absolute atomic E-state index is 10.6. The fraction of sp³-hybridized carbons (Fsp3) is 1.00. The van der Waals surface area contributed by atoms with Gasteiger partial charge in [-0.15, -0.1) is 0 Å². The van der Waals surface area contributed by atoms with Crippen LogP contribution in [0.3, 0.4) is 0 Å². The Balaban J connectivity index is 3.44. The molecule has 0 aromatic rings. The standard InChI is InChI=1S/C17H35NO/c1-13(2,3)17(14(4,5)6)11-15(7,8)18(19)16(9,10)12-17/h19H,11-12H2,1-10H3. The highest BCUT2D eigenvalue weighted by atomic mass is 16.5. The van der Waals surface area contributed by atoms with E-state index in [1.807, 2.05) is 0 Å². The minimum Gasteiger partial charge on any atom is -0.313 e. The maximum Gasteiger partial charge on any atom is 0.0416 e. The van der Waals surface area contributed by atoms with Gasteiger partial charge in [0.25, 0.3) is 0 Å². The van der Waals surface area contributed by atoms with Crippen LogP contribution in [0.2, 0.25) is 0 Å². The molecule has 0 spiro atoms. The zero-order chi connectivity index (χ0) is 15.5. The molecule has 1 rings (SSSR count). The van der Waals surface area contributed by atoms with Gasteiger partial charge in [0.15, 0.2) is 0 Å². The van der Waals surface area contributed by atoms with Crippen molar-refractivity contribution in [3.63, 3.8) is 0 Å². The minimum atomic E-state index is -0.192. The predicted octanol–water partition coefficient (Wildman–Crippen LogP) is 5.11. The summed E-state index contributed by atoms with van der Waals surface area (Å²) >= 11 is 0. The van der Waals surface area contributed by atoms with E-state index in [9.17, 15) is 5.21 Å². The van der Waals surface area contributed by atoms with E-state index >= 15 is 0 Å². The summed E-state index contributed by atoms with van der Waals surface area (Å²) in [5.74, 6) is 0. The monoisotopic (exact) mass is 269 g/mol. The van der Waals surface area contributed by atoms with Gasteiger partial charge in [-0.1, -0.05) is 41.5 Å². The van der Waals surface area contributed by atoms with Crippen molar-refractivity contribution >= 4 is 0 Å². The van der Waals surface area contributed by atoms with Crippen LogP contribution in [-0.2, 0) is 0 Å². The fourth-order valence-electron chi connectivity index (χ4n) is 4.69. The van der Waals surface area contributed by atoms with Crippen molar-refractivity contribution in [2.75, 3.05) is 0 Å². The summed E-state index contributed by atoms with van der Waals surface area (Å²) in [6.45, 7) is 22.8. The predicted molar refractivity (Wildman–Crippen MR) is 82.4 cm³/mol. The Hall–Kier alpha value is -0.0800. The van der Waals surface area contributed by atoms with Crippen molar-refractivity contribution in [3.8, 4) is 0 Å². The summed E-state index contributed by atoms with van der Waals surface area (Å²) in [5.41, 5.74) is 0.235. The molecule has 0 aromatic carbocycles. The van der Waals surface area contributed by atoms with Crippen LogP contribution in [0.1, 0.15) is 82.1 Å². The molecule has 1 fully saturated rings. The average molecular weight is 269 g/mol. The first kappa shape index (κ1) is 17.0. The van der Waals surface area contributed by atoms with Crippen LogP contribution >= 0.6 is 0 Å². The van der Waals surface area contributed by atoms with Crippen LogP contribution in [0.15, 0.2) is 0 Å². The van der Waals surface area contributed by atoms with E-state index in [4.69, 9.17) is 0 Å². The Morgan fingerprint density at radius 2 is 1.00 bits per heavy atom. The number of hydroxylamine groups is 2. The Morgan fingerprint density at radius 1 is 0.737 bits per heavy atom. The first-order valence-electron chi connectivity index (χ1n) is 7.56. The zero-order valence-corrected chi connectivity index (χ0v) is 14.8. The van der Waals surface area contributed by atoms with Gasteiger partial charge in [0.2, 0.25) is 0 Å². The molecule has 1 saturated heterocycles. The maximum atomic E-state index is 10.6. The average Bonchev–Trinajstić information content (AvgIpc) is 2.09. The Morgan fingerprint density at radius 3 is 1.21 bits per heavy atom. The molecule has 1 heterocycles. The highest BCUT2D eigenvalue weighted by Gasteiger charge is 2.60. The molecule has 0 atom stereocenters. The van der Waals surface area contributed by atoms with Crippen LogP contribution in [0.25, 0.3) is 0 Å². The largest absolute Gasteiger partial charge is 0.313 e. The van der Waals surface area contributed by atoms with Gasteiger partial charge in [0, 0.05) is 11.1 Å². The van der Waals surface area contributed by atoms with E-state index in [2.05, 4.69) is 69.2 Å². The summed E-state index contributed by atoms with van der Waals surface area (Å²) in [4.78, 5) is 0. The van der Waals surface area contributed by atoms with Gasteiger partial charge < -0.3 is 5.21 Å². The number of piperidine rings is 1. The van der Waals surface area contributed by atoms with E-state index in [0.29, 0.717) is 0 Å². The lowest BCUT2D eigenvalue weighted by Crippen LogP contribution is -2.67. The van der Waals surface area contributed by atoms with E-state index in [-0.39, 0.29) is 27.3 Å². The van der Waals surface area contributed by atoms with Crippen molar-refractivity contribution in [1.29, 1.82) is 0 Å². The molecule has 2 nitrogen and oxygen atoms in total. The zero-order valence-electron chi connectivity index (χ0n) is 14.8. The molecule has 0 unspecified atom stereocenters. The number of nitrogens with zero attached hydrogens (tertiary/aromatic N) is 1. The smallest absolute Gasteiger partial charge is 0.0416 e. The Bertz CT molecular complexity index is 307. The molecule has 0 amide bonds. The van der Waals surface area contributed by atoms with Gasteiger partial charge in [-0.3, -0.25) is 0 Å². The van der Waals surface area contributed by atoms with Gasteiger partial charge in [0.05, 0.1) is 0 Å². The second kappa shape index (κ2) is 4.21. The third-order valence-electron chi connectivity index (χ3n) is 5.49. The molecule has 19 heavy (non-hydrogen) atoms. The van der Waals surface area contributed by atoms with Crippen LogP contribution < -0.4 is 0 Å². The molecule has 0 radical (unpaired) electrons. The summed E-state index contributed by atoms with van der Waals surface area (Å²) < 4.78 is 0. The second-order valence-electron chi connectivity index (χ2n) is 9.87. The molecule has 1 aliphatic rings. The lowest BCUT2D eigenvalue weighted by molar-refractivity contribution is -0.289. The van der Waals surface area contributed by atoms with Gasteiger partial charge in [-0.2, -0.15) is 5.06 Å². The SMILES string of the molecule is CC1(C)CC(C(C)(C)C)(C(C)(C)C)CC(C)(C)N1O. The lowest BCUT2D eigenvalue weighted by Gasteiger charge is -2.65. The van der Waals surface area contributed by atoms with Crippen LogP contribution in [-0.4, -0.2) is 21.3 Å². The van der Waals surface area contributed by atoms with Gasteiger partial charge in [0.1, 0.15) is 0 Å². The van der Waals surface area contributed by atoms with Crippen LogP contribution in [0.4, 0.5) is 0 Å². The van der Waals surface area contributed by atoms with E-state index in [1.54, 1.807) is 5.06 Å². The Labute approximate surface area is 120 Å². The number of hydrogen-bond acceptors (Lipinski definition) is 2. The number of hydrogen-bond donors (Lipinski definition) is 1. The second-order valence-corrected chi connectivity index (χ2v) is 9.87. The van der Waals surface area contributed by atoms with Crippen molar-refractivity contribution in [2.24, 2.45) is 16.2 Å². The quantitative estimate of drug-likeness (QED) is 0.660. The van der Waals surface area contributed by atoms with Gasteiger partial charge in [-0.25, -0.2) is 0 Å². The van der Waals surface area contributed by atoms with E-state index in [0.717, 1.165) is 12.8 Å². The molecule has 1 aliphatic heterocycles. The third kappa shape index (κ3) is 2.58. The van der Waals surface area contributed by atoms with E-state index in [1.165, 1.54) is 0 Å². The van der Waals surface area contributed by atoms with Crippen LogP contribution in [0, 0.1) is 16.2 Å². The summed E-state index contributed by atoms with van der Waals surface area (Å²) in [7, 11) is 0. The molecular weight excluding hydrogens is 234 g/mol. The van der Waals surface area contributed by atoms with Gasteiger partial charge in [-0.05, 0) is 56.8 Å². The molecule has 2 heteroatoms. The molecule has 0 saturated carbocycles. The van der Waals surface area contributed by atoms with Crippen molar-refractivity contribution < 1.29 is 5.21 Å². The highest BCUT2D eigenvalue weighted by molar-refractivity contribution is 5.10. The molecule has 114 valence electrons. The normalized spacial score (nSPS) is 27.3. The third-order valence-corrected chi connectivity index (χ3v) is 5.49. The number of rotatable bonds is 0. The first-order chi connectivity index (χ1) is 8.07. The van der Waals surface area contributed by atoms with Gasteiger partial charge >= 0.3 is 0 Å². The minimum absolute atomic E-state index is 0.192. The molecule has 1 N–H and O–H groups in total. The first-order valence-corrected chi connectivity index (χ1v) is 7.56. The summed E-state index contributed by atoms with van der Waals surface area (Å²) in [6.07, 6.45) is 2.04. The topological polar surface area (TPSA) is 23.5 Å². The highest BCUT2D eigenvalue weighted by Crippen LogP contribution is 2.63. The Kier molecular flexibility index (Phi) is 3.76. The molecular formula is C17H35NO. The molecule has 0 bridgehead atoms. The molecule has 0 aromatic heterocycles.